The van der Waals surface area contributed by atoms with E-state index in [0.29, 0.717) is 42.7 Å². The third-order valence-electron chi connectivity index (χ3n) is 6.47. The van der Waals surface area contributed by atoms with E-state index in [0.717, 1.165) is 5.56 Å². The van der Waals surface area contributed by atoms with Crippen LogP contribution in [-0.2, 0) is 14.3 Å². The number of hydrogen-bond donors (Lipinski definition) is 0. The highest BCUT2D eigenvalue weighted by atomic mass is 35.5. The van der Waals surface area contributed by atoms with Crippen molar-refractivity contribution in [3.8, 4) is 11.3 Å². The van der Waals surface area contributed by atoms with Crippen molar-refractivity contribution < 1.29 is 23.5 Å². The van der Waals surface area contributed by atoms with E-state index in [1.165, 1.54) is 23.0 Å². The molecular weight excluding hydrogens is 564 g/mol. The molecule has 2 aromatic carbocycles. The van der Waals surface area contributed by atoms with Crippen LogP contribution in [0.2, 0.25) is 5.02 Å². The van der Waals surface area contributed by atoms with Crippen LogP contribution >= 0.6 is 22.9 Å². The molecule has 0 amide bonds. The number of esters is 2. The van der Waals surface area contributed by atoms with Crippen molar-refractivity contribution in [3.05, 3.63) is 114 Å². The Bertz CT molecular complexity index is 1830. The second-order valence-electron chi connectivity index (χ2n) is 9.90. The maximum Gasteiger partial charge on any atom is 0.338 e. The molecule has 1 aliphatic heterocycles. The van der Waals surface area contributed by atoms with Crippen LogP contribution in [0.5, 0.6) is 0 Å². The number of rotatable bonds is 7. The second-order valence-corrected chi connectivity index (χ2v) is 11.3. The molecule has 1 unspecified atom stereocenters. The van der Waals surface area contributed by atoms with Gasteiger partial charge in [0.05, 0.1) is 41.1 Å². The molecule has 8 nitrogen and oxygen atoms in total. The van der Waals surface area contributed by atoms with Gasteiger partial charge in [0.15, 0.2) is 4.80 Å². The van der Waals surface area contributed by atoms with Crippen LogP contribution in [0.3, 0.4) is 0 Å². The zero-order valence-electron chi connectivity index (χ0n) is 22.8. The lowest BCUT2D eigenvalue weighted by Crippen LogP contribution is -2.40. The Hall–Kier alpha value is -4.21. The van der Waals surface area contributed by atoms with Gasteiger partial charge in [-0.3, -0.25) is 9.36 Å². The smallest absolute Gasteiger partial charge is 0.338 e. The van der Waals surface area contributed by atoms with E-state index in [9.17, 15) is 14.4 Å². The van der Waals surface area contributed by atoms with Crippen molar-refractivity contribution in [1.29, 1.82) is 0 Å². The summed E-state index contributed by atoms with van der Waals surface area (Å²) in [6.45, 7) is 5.84. The number of carbonyl (C=O) groups is 2. The quantitative estimate of drug-likeness (QED) is 0.277. The summed E-state index contributed by atoms with van der Waals surface area (Å²) in [7, 11) is 1.31. The van der Waals surface area contributed by atoms with Gasteiger partial charge in [0.1, 0.15) is 11.5 Å². The van der Waals surface area contributed by atoms with Gasteiger partial charge in [0, 0.05) is 16.7 Å². The molecule has 0 spiro atoms. The van der Waals surface area contributed by atoms with Gasteiger partial charge < -0.3 is 13.9 Å². The van der Waals surface area contributed by atoms with E-state index in [4.69, 9.17) is 25.5 Å². The maximum absolute atomic E-state index is 13.9. The Morgan fingerprint density at radius 3 is 2.44 bits per heavy atom. The highest BCUT2D eigenvalue weighted by Crippen LogP contribution is 2.31. The maximum atomic E-state index is 13.9. The molecule has 0 saturated carbocycles. The summed E-state index contributed by atoms with van der Waals surface area (Å²) in [5.41, 5.74) is 2.21. The molecule has 0 radical (unpaired) electrons. The second kappa shape index (κ2) is 11.7. The topological polar surface area (TPSA) is 100 Å². The summed E-state index contributed by atoms with van der Waals surface area (Å²) in [6.07, 6.45) is 1.66. The first-order valence-electron chi connectivity index (χ1n) is 12.9. The number of halogens is 1. The highest BCUT2D eigenvalue weighted by Gasteiger charge is 2.33. The fourth-order valence-electron chi connectivity index (χ4n) is 4.47. The predicted octanol–water partition coefficient (Wildman–Crippen LogP) is 5.13. The summed E-state index contributed by atoms with van der Waals surface area (Å²) in [5.74, 6) is 0.224. The van der Waals surface area contributed by atoms with E-state index in [2.05, 4.69) is 4.99 Å². The standard InChI is InChI=1S/C31H27ClN2O6S/c1-17(2)16-39-30(37)26-18(3)33-31-34(27(26)20-5-7-21(8-6-20)29(36)38-4)28(35)25(41-31)15-23-13-14-24(40-23)19-9-11-22(32)12-10-19/h5-15,17,27H,16H2,1-4H3. The van der Waals surface area contributed by atoms with Crippen LogP contribution in [0.25, 0.3) is 17.4 Å². The van der Waals surface area contributed by atoms with Gasteiger partial charge in [-0.1, -0.05) is 48.9 Å². The van der Waals surface area contributed by atoms with Crippen molar-refractivity contribution in [1.82, 2.24) is 4.57 Å². The number of carbonyl (C=O) groups excluding carboxylic acids is 2. The largest absolute Gasteiger partial charge is 0.465 e. The number of methoxy groups -OCH3 is 1. The van der Waals surface area contributed by atoms with Gasteiger partial charge in [-0.05, 0) is 66.9 Å². The Morgan fingerprint density at radius 2 is 1.78 bits per heavy atom. The number of ether oxygens (including phenoxy) is 2. The number of benzene rings is 2. The third kappa shape index (κ3) is 5.82. The van der Waals surface area contributed by atoms with Crippen molar-refractivity contribution >= 4 is 41.0 Å². The van der Waals surface area contributed by atoms with Gasteiger partial charge in [0.25, 0.3) is 5.56 Å². The molecule has 0 bridgehead atoms. The molecule has 0 saturated heterocycles. The normalized spacial score (nSPS) is 15.1. The van der Waals surface area contributed by atoms with E-state index in [1.807, 2.05) is 32.0 Å². The minimum Gasteiger partial charge on any atom is -0.465 e. The first kappa shape index (κ1) is 28.3. The van der Waals surface area contributed by atoms with E-state index in [-0.39, 0.29) is 23.7 Å². The van der Waals surface area contributed by atoms with E-state index in [1.54, 1.807) is 55.5 Å². The molecule has 0 N–H and O–H groups in total. The van der Waals surface area contributed by atoms with E-state index >= 15 is 0 Å². The van der Waals surface area contributed by atoms with Gasteiger partial charge >= 0.3 is 11.9 Å². The summed E-state index contributed by atoms with van der Waals surface area (Å²) in [5, 5.41) is 0.624. The van der Waals surface area contributed by atoms with Crippen molar-refractivity contribution in [2.75, 3.05) is 13.7 Å². The molecule has 41 heavy (non-hydrogen) atoms. The zero-order valence-corrected chi connectivity index (χ0v) is 24.4. The van der Waals surface area contributed by atoms with Crippen molar-refractivity contribution in [2.45, 2.75) is 26.8 Å². The number of furan rings is 1. The van der Waals surface area contributed by atoms with Gasteiger partial charge in [-0.2, -0.15) is 0 Å². The van der Waals surface area contributed by atoms with Gasteiger partial charge in [0.2, 0.25) is 0 Å². The lowest BCUT2D eigenvalue weighted by Gasteiger charge is -2.25. The molecule has 2 aromatic heterocycles. The summed E-state index contributed by atoms with van der Waals surface area (Å²) in [6, 6.07) is 16.7. The minimum absolute atomic E-state index is 0.130. The van der Waals surface area contributed by atoms with E-state index < -0.39 is 18.0 Å². The lowest BCUT2D eigenvalue weighted by molar-refractivity contribution is -0.140. The van der Waals surface area contributed by atoms with Crippen molar-refractivity contribution in [2.24, 2.45) is 10.9 Å². The fourth-order valence-corrected chi connectivity index (χ4v) is 5.62. The Morgan fingerprint density at radius 1 is 1.07 bits per heavy atom. The molecular formula is C31H27ClN2O6S. The highest BCUT2D eigenvalue weighted by molar-refractivity contribution is 7.07. The molecule has 1 aliphatic rings. The molecule has 1 atom stereocenters. The van der Waals surface area contributed by atoms with Gasteiger partial charge in [-0.25, -0.2) is 14.6 Å². The monoisotopic (exact) mass is 590 g/mol. The number of aromatic nitrogens is 1. The zero-order chi connectivity index (χ0) is 29.3. The first-order chi connectivity index (χ1) is 19.7. The number of nitrogens with zero attached hydrogens (tertiary/aromatic N) is 2. The molecule has 3 heterocycles. The molecule has 0 fully saturated rings. The van der Waals surface area contributed by atoms with Crippen LogP contribution < -0.4 is 14.9 Å². The van der Waals surface area contributed by atoms with Crippen LogP contribution in [0, 0.1) is 5.92 Å². The lowest BCUT2D eigenvalue weighted by atomic mass is 9.95. The Kier molecular flexibility index (Phi) is 8.10. The molecule has 10 heteroatoms. The number of allylic oxidation sites excluding steroid dienone is 1. The minimum atomic E-state index is -0.805. The molecule has 5 rings (SSSR count). The first-order valence-corrected chi connectivity index (χ1v) is 14.1. The average Bonchev–Trinajstić information content (AvgIpc) is 3.55. The molecule has 210 valence electrons. The number of fused-ring (bicyclic) bond motifs is 1. The van der Waals surface area contributed by atoms with Crippen LogP contribution in [0.4, 0.5) is 0 Å². The number of hydrogen-bond acceptors (Lipinski definition) is 8. The third-order valence-corrected chi connectivity index (χ3v) is 7.70. The SMILES string of the molecule is COC(=O)c1ccc(C2C(C(=O)OCC(C)C)=C(C)N=c3sc(=Cc4ccc(-c5ccc(Cl)cc5)o4)c(=O)n32)cc1. The van der Waals surface area contributed by atoms with Crippen molar-refractivity contribution in [3.63, 3.8) is 0 Å². The summed E-state index contributed by atoms with van der Waals surface area (Å²) < 4.78 is 18.3. The summed E-state index contributed by atoms with van der Waals surface area (Å²) in [4.78, 5) is 44.3. The van der Waals surface area contributed by atoms with Crippen LogP contribution in [0.15, 0.2) is 86.1 Å². The average molecular weight is 591 g/mol. The van der Waals surface area contributed by atoms with Gasteiger partial charge in [-0.15, -0.1) is 0 Å². The molecule has 0 aliphatic carbocycles. The molecule has 4 aromatic rings. The fraction of sp³-hybridized carbons (Fsp3) is 0.226. The summed E-state index contributed by atoms with van der Waals surface area (Å²) >= 11 is 7.20. The van der Waals surface area contributed by atoms with Crippen LogP contribution in [-0.4, -0.2) is 30.2 Å². The predicted molar refractivity (Wildman–Crippen MR) is 156 cm³/mol. The Labute approximate surface area is 244 Å². The Balaban J connectivity index is 1.60. The van der Waals surface area contributed by atoms with Crippen LogP contribution in [0.1, 0.15) is 48.5 Å². The number of thiazole rings is 1.